The van der Waals surface area contributed by atoms with Crippen molar-refractivity contribution < 1.29 is 9.47 Å². The van der Waals surface area contributed by atoms with Gasteiger partial charge in [0.1, 0.15) is 11.5 Å². The number of hydrogen-bond donors (Lipinski definition) is 0. The first kappa shape index (κ1) is 18.8. The Kier molecular flexibility index (Phi) is 4.49. The van der Waals surface area contributed by atoms with Gasteiger partial charge in [0, 0.05) is 17.2 Å². The van der Waals surface area contributed by atoms with E-state index in [1.807, 2.05) is 7.11 Å². The highest BCUT2D eigenvalue weighted by molar-refractivity contribution is 8.00. The molecule has 2 saturated carbocycles. The Bertz CT molecular complexity index is 636. The Morgan fingerprint density at radius 3 is 2.42 bits per heavy atom. The molecule has 0 aromatic carbocycles. The molecule has 4 aliphatic rings. The molecule has 146 valence electrons. The number of ether oxygens (including phenoxy) is 2. The normalized spacial score (nSPS) is 46.8. The minimum Gasteiger partial charge on any atom is -0.501 e. The molecule has 2 unspecified atom stereocenters. The van der Waals surface area contributed by atoms with E-state index in [0.29, 0.717) is 27.4 Å². The van der Waals surface area contributed by atoms with Crippen LogP contribution < -0.4 is 0 Å². The van der Waals surface area contributed by atoms with Crippen LogP contribution in [0.5, 0.6) is 0 Å². The maximum atomic E-state index is 5.94. The van der Waals surface area contributed by atoms with Crippen molar-refractivity contribution in [3.8, 4) is 0 Å². The van der Waals surface area contributed by atoms with Gasteiger partial charge in [0.25, 0.3) is 0 Å². The van der Waals surface area contributed by atoms with Gasteiger partial charge >= 0.3 is 0 Å². The number of allylic oxidation sites excluding steroid dienone is 2. The molecule has 6 atom stereocenters. The first-order chi connectivity index (χ1) is 12.3. The minimum atomic E-state index is 0.326. The van der Waals surface area contributed by atoms with Gasteiger partial charge in [-0.3, -0.25) is 0 Å². The first-order valence-electron chi connectivity index (χ1n) is 10.4. The van der Waals surface area contributed by atoms with Crippen molar-refractivity contribution in [3.05, 3.63) is 23.7 Å². The summed E-state index contributed by atoms with van der Waals surface area (Å²) in [5.41, 5.74) is 1.29. The molecule has 0 aromatic heterocycles. The summed E-state index contributed by atoms with van der Waals surface area (Å²) in [6, 6.07) is 0. The van der Waals surface area contributed by atoms with Gasteiger partial charge in [0.05, 0.1) is 14.2 Å². The molecular formula is C23H36O2S. The second-order valence-electron chi connectivity index (χ2n) is 10.3. The molecule has 0 aromatic rings. The van der Waals surface area contributed by atoms with E-state index < -0.39 is 0 Å². The van der Waals surface area contributed by atoms with Crippen molar-refractivity contribution in [3.63, 3.8) is 0 Å². The Morgan fingerprint density at radius 1 is 0.962 bits per heavy atom. The monoisotopic (exact) mass is 376 g/mol. The van der Waals surface area contributed by atoms with Gasteiger partial charge in [-0.05, 0) is 65.6 Å². The van der Waals surface area contributed by atoms with E-state index in [4.69, 9.17) is 9.47 Å². The maximum absolute atomic E-state index is 5.94. The van der Waals surface area contributed by atoms with Crippen molar-refractivity contribution in [1.29, 1.82) is 0 Å². The fraction of sp³-hybridized carbons (Fsp3) is 0.826. The Hall–Kier alpha value is -0.570. The lowest BCUT2D eigenvalue weighted by Gasteiger charge is -2.66. The van der Waals surface area contributed by atoms with Gasteiger partial charge in [-0.1, -0.05) is 34.1 Å². The van der Waals surface area contributed by atoms with Crippen molar-refractivity contribution in [2.24, 2.45) is 34.0 Å². The predicted molar refractivity (Wildman–Crippen MR) is 110 cm³/mol. The molecule has 2 nitrogen and oxygen atoms in total. The molecule has 26 heavy (non-hydrogen) atoms. The second-order valence-corrected chi connectivity index (χ2v) is 11.5. The van der Waals surface area contributed by atoms with Crippen LogP contribution in [0.4, 0.5) is 0 Å². The smallest absolute Gasteiger partial charge is 0.119 e. The molecule has 3 aliphatic carbocycles. The average Bonchev–Trinajstić information content (AvgIpc) is 2.59. The molecule has 3 heteroatoms. The quantitative estimate of drug-likeness (QED) is 0.585. The van der Waals surface area contributed by atoms with Crippen LogP contribution in [0.15, 0.2) is 23.7 Å². The highest BCUT2D eigenvalue weighted by atomic mass is 32.2. The zero-order valence-corrected chi connectivity index (χ0v) is 18.2. The summed E-state index contributed by atoms with van der Waals surface area (Å²) in [6.45, 7) is 10.3. The van der Waals surface area contributed by atoms with Crippen molar-refractivity contribution in [2.45, 2.75) is 65.0 Å². The molecule has 1 aliphatic heterocycles. The average molecular weight is 377 g/mol. The summed E-state index contributed by atoms with van der Waals surface area (Å²) < 4.78 is 11.5. The molecule has 4 rings (SSSR count). The van der Waals surface area contributed by atoms with Gasteiger partial charge in [0.15, 0.2) is 0 Å². The molecule has 1 heterocycles. The summed E-state index contributed by atoms with van der Waals surface area (Å²) >= 11 is 2.15. The third kappa shape index (κ3) is 2.52. The van der Waals surface area contributed by atoms with E-state index in [0.717, 1.165) is 23.4 Å². The van der Waals surface area contributed by atoms with Crippen LogP contribution in [0.25, 0.3) is 0 Å². The lowest BCUT2D eigenvalue weighted by molar-refractivity contribution is -0.139. The Labute approximate surface area is 164 Å². The molecule has 0 bridgehead atoms. The van der Waals surface area contributed by atoms with Crippen LogP contribution >= 0.6 is 11.8 Å². The number of hydrogen-bond acceptors (Lipinski definition) is 3. The van der Waals surface area contributed by atoms with Gasteiger partial charge in [-0.25, -0.2) is 0 Å². The van der Waals surface area contributed by atoms with Crippen LogP contribution in [-0.2, 0) is 9.47 Å². The Balaban J connectivity index is 1.74. The zero-order chi connectivity index (χ0) is 18.7. The van der Waals surface area contributed by atoms with Crippen LogP contribution in [0, 0.1) is 34.0 Å². The van der Waals surface area contributed by atoms with E-state index in [9.17, 15) is 0 Å². The summed E-state index contributed by atoms with van der Waals surface area (Å²) in [4.78, 5) is 0. The molecule has 3 fully saturated rings. The number of rotatable bonds is 2. The highest BCUT2D eigenvalue weighted by Crippen LogP contribution is 2.69. The summed E-state index contributed by atoms with van der Waals surface area (Å²) in [5, 5.41) is 0.489. The fourth-order valence-corrected chi connectivity index (χ4v) is 9.55. The minimum absolute atomic E-state index is 0.326. The lowest BCUT2D eigenvalue weighted by atomic mass is 9.41. The maximum Gasteiger partial charge on any atom is 0.119 e. The van der Waals surface area contributed by atoms with Gasteiger partial charge in [-0.15, -0.1) is 0 Å². The van der Waals surface area contributed by atoms with Crippen LogP contribution in [0.2, 0.25) is 0 Å². The zero-order valence-electron chi connectivity index (χ0n) is 17.4. The van der Waals surface area contributed by atoms with Crippen molar-refractivity contribution in [1.82, 2.24) is 0 Å². The predicted octanol–water partition coefficient (Wildman–Crippen LogP) is 6.04. The Morgan fingerprint density at radius 2 is 1.73 bits per heavy atom. The molecule has 0 spiro atoms. The number of thioether (sulfide) groups is 1. The van der Waals surface area contributed by atoms with E-state index in [1.54, 1.807) is 7.11 Å². The summed E-state index contributed by atoms with van der Waals surface area (Å²) in [5.74, 6) is 5.52. The SMILES string of the molecule is COC1=CC2SC[C@@H]3[C@@]4(C)CCCC(C)(C)[C@@H]4CC[C@@]3(C)C2C(OC)=C1. The number of methoxy groups -OCH3 is 2. The second kappa shape index (κ2) is 6.22. The van der Waals surface area contributed by atoms with Crippen LogP contribution in [0.1, 0.15) is 59.8 Å². The third-order valence-corrected chi connectivity index (χ3v) is 10.0. The van der Waals surface area contributed by atoms with Crippen molar-refractivity contribution >= 4 is 11.8 Å². The first-order valence-corrected chi connectivity index (χ1v) is 11.4. The molecule has 0 amide bonds. The van der Waals surface area contributed by atoms with Gasteiger partial charge in [-0.2, -0.15) is 11.8 Å². The molecule has 0 radical (unpaired) electrons. The van der Waals surface area contributed by atoms with E-state index in [-0.39, 0.29) is 0 Å². The highest BCUT2D eigenvalue weighted by Gasteiger charge is 2.63. The van der Waals surface area contributed by atoms with Crippen LogP contribution in [-0.4, -0.2) is 25.2 Å². The lowest BCUT2D eigenvalue weighted by Crippen LogP contribution is -2.61. The number of fused-ring (bicyclic) bond motifs is 5. The molecular weight excluding hydrogens is 340 g/mol. The third-order valence-electron chi connectivity index (χ3n) is 8.73. The van der Waals surface area contributed by atoms with Gasteiger partial charge < -0.3 is 9.47 Å². The standard InChI is InChI=1S/C23H36O2S/c1-21(2)9-7-10-22(3)18(21)8-11-23(4)19(22)14-26-17-13-15(24-5)12-16(25-6)20(17)23/h12-13,17-20H,7-11,14H2,1-6H3/t17?,18-,19+,20?,22-,23+/m0/s1. The van der Waals surface area contributed by atoms with E-state index in [2.05, 4.69) is 51.6 Å². The summed E-state index contributed by atoms with van der Waals surface area (Å²) in [7, 11) is 3.61. The van der Waals surface area contributed by atoms with Gasteiger partial charge in [0.2, 0.25) is 0 Å². The fourth-order valence-electron chi connectivity index (χ4n) is 7.50. The topological polar surface area (TPSA) is 18.5 Å². The van der Waals surface area contributed by atoms with E-state index >= 15 is 0 Å². The van der Waals surface area contributed by atoms with E-state index in [1.165, 1.54) is 37.9 Å². The van der Waals surface area contributed by atoms with Crippen LogP contribution in [0.3, 0.4) is 0 Å². The largest absolute Gasteiger partial charge is 0.501 e. The van der Waals surface area contributed by atoms with Crippen molar-refractivity contribution in [2.75, 3.05) is 20.0 Å². The molecule has 1 saturated heterocycles. The molecule has 0 N–H and O–H groups in total. The summed E-state index contributed by atoms with van der Waals surface area (Å²) in [6.07, 6.45) is 11.4.